The molecule has 2 aromatic rings. The highest BCUT2D eigenvalue weighted by Gasteiger charge is 2.39. The third-order valence-electron chi connectivity index (χ3n) is 4.86. The minimum absolute atomic E-state index is 0.337. The van der Waals surface area contributed by atoms with Gasteiger partial charge in [-0.15, -0.1) is 0 Å². The molecule has 0 radical (unpaired) electrons. The second kappa shape index (κ2) is 7.26. The van der Waals surface area contributed by atoms with Gasteiger partial charge in [-0.2, -0.15) is 9.48 Å². The summed E-state index contributed by atoms with van der Waals surface area (Å²) in [6.07, 6.45) is 7.72. The van der Waals surface area contributed by atoms with Gasteiger partial charge in [-0.25, -0.2) is 4.99 Å². The molecule has 0 fully saturated rings. The van der Waals surface area contributed by atoms with E-state index in [2.05, 4.69) is 16.2 Å². The van der Waals surface area contributed by atoms with Gasteiger partial charge in [0.2, 0.25) is 0 Å². The molecule has 0 aliphatic carbocycles. The van der Waals surface area contributed by atoms with E-state index < -0.39 is 0 Å². The molecule has 0 aromatic heterocycles. The fourth-order valence-electron chi connectivity index (χ4n) is 3.39. The molecule has 5 nitrogen and oxygen atoms in total. The van der Waals surface area contributed by atoms with Gasteiger partial charge in [0, 0.05) is 22.7 Å². The Kier molecular flexibility index (Phi) is 4.79. The van der Waals surface area contributed by atoms with Crippen LogP contribution >= 0.6 is 11.6 Å². The molecule has 142 valence electrons. The molecule has 2 aliphatic heterocycles. The Hall–Kier alpha value is -2.89. The number of amidine groups is 1. The second-order valence-electron chi connectivity index (χ2n) is 6.57. The van der Waals surface area contributed by atoms with Crippen LogP contribution in [0.3, 0.4) is 0 Å². The van der Waals surface area contributed by atoms with Gasteiger partial charge in [-0.05, 0) is 37.6 Å². The van der Waals surface area contributed by atoms with Gasteiger partial charge in [0.1, 0.15) is 24.3 Å². The predicted molar refractivity (Wildman–Crippen MR) is 115 cm³/mol. The van der Waals surface area contributed by atoms with Crippen molar-refractivity contribution in [1.82, 2.24) is 4.48 Å². The lowest BCUT2D eigenvalue weighted by atomic mass is 10.1. The predicted octanol–water partition coefficient (Wildman–Crippen LogP) is 5.33. The molecule has 2 aliphatic rings. The van der Waals surface area contributed by atoms with Crippen LogP contribution in [0.25, 0.3) is 5.70 Å². The first-order chi connectivity index (χ1) is 13.6. The molecule has 0 saturated carbocycles. The molecule has 0 bridgehead atoms. The molecule has 2 aromatic carbocycles. The van der Waals surface area contributed by atoms with Crippen LogP contribution in [0.15, 0.2) is 65.0 Å². The summed E-state index contributed by atoms with van der Waals surface area (Å²) in [5.41, 5.74) is 3.87. The number of benzene rings is 2. The number of methoxy groups -OCH3 is 1. The van der Waals surface area contributed by atoms with Gasteiger partial charge in [0.15, 0.2) is 17.2 Å². The number of rotatable bonds is 5. The molecule has 1 atom stereocenters. The summed E-state index contributed by atoms with van der Waals surface area (Å²) in [5, 5.41) is 0.743. The molecule has 0 spiro atoms. The minimum Gasteiger partial charge on any atom is -0.493 e. The van der Waals surface area contributed by atoms with Crippen molar-refractivity contribution in [2.45, 2.75) is 13.8 Å². The zero-order chi connectivity index (χ0) is 19.7. The number of aliphatic imine (C=N–C) groups is 2. The number of hydrogen-bond acceptors (Lipinski definition) is 4. The molecule has 0 N–H and O–H groups in total. The van der Waals surface area contributed by atoms with Crippen molar-refractivity contribution in [1.29, 1.82) is 0 Å². The van der Waals surface area contributed by atoms with Crippen molar-refractivity contribution >= 4 is 35.0 Å². The van der Waals surface area contributed by atoms with Crippen LogP contribution in [0.4, 0.5) is 5.69 Å². The Labute approximate surface area is 169 Å². The summed E-state index contributed by atoms with van der Waals surface area (Å²) in [5.74, 6) is 2.23. The number of halogens is 1. The topological polar surface area (TPSA) is 43.2 Å². The molecule has 0 amide bonds. The smallest absolute Gasteiger partial charge is 0.261 e. The highest BCUT2D eigenvalue weighted by atomic mass is 35.5. The lowest BCUT2D eigenvalue weighted by Gasteiger charge is -2.29. The highest BCUT2D eigenvalue weighted by Crippen LogP contribution is 2.39. The van der Waals surface area contributed by atoms with E-state index in [1.54, 1.807) is 13.3 Å². The number of ether oxygens (including phenoxy) is 2. The molecule has 6 heteroatoms. The lowest BCUT2D eigenvalue weighted by Crippen LogP contribution is -2.45. The maximum absolute atomic E-state index is 6.19. The second-order valence-corrected chi connectivity index (χ2v) is 6.97. The van der Waals surface area contributed by atoms with Crippen LogP contribution < -0.4 is 14.0 Å². The summed E-state index contributed by atoms with van der Waals surface area (Å²) in [7, 11) is 1.64. The molecule has 1 unspecified atom stereocenters. The highest BCUT2D eigenvalue weighted by molar-refractivity contribution is 6.37. The Bertz CT molecular complexity index is 1060. The van der Waals surface area contributed by atoms with E-state index in [4.69, 9.17) is 21.1 Å². The van der Waals surface area contributed by atoms with Crippen molar-refractivity contribution in [3.8, 4) is 11.5 Å². The molecular formula is C22H21ClN3O2+. The fourth-order valence-corrected chi connectivity index (χ4v) is 3.50. The summed E-state index contributed by atoms with van der Waals surface area (Å²) >= 11 is 6.19. The van der Waals surface area contributed by atoms with Gasteiger partial charge in [-0.1, -0.05) is 17.7 Å². The summed E-state index contributed by atoms with van der Waals surface area (Å²) < 4.78 is 11.5. The van der Waals surface area contributed by atoms with Crippen molar-refractivity contribution in [2.24, 2.45) is 9.98 Å². The minimum atomic E-state index is 0.337. The molecule has 2 heterocycles. The quantitative estimate of drug-likeness (QED) is 0.643. The lowest BCUT2D eigenvalue weighted by molar-refractivity contribution is 0.311. The normalized spacial score (nSPS) is 19.9. The van der Waals surface area contributed by atoms with Crippen LogP contribution in [0.1, 0.15) is 18.1 Å². The first-order valence-corrected chi connectivity index (χ1v) is 9.44. The van der Waals surface area contributed by atoms with Gasteiger partial charge in [-0.3, -0.25) is 0 Å². The Morgan fingerprint density at radius 1 is 1.11 bits per heavy atom. The van der Waals surface area contributed by atoms with Crippen LogP contribution in [-0.4, -0.2) is 25.8 Å². The first kappa shape index (κ1) is 18.5. The zero-order valence-electron chi connectivity index (χ0n) is 16.0. The van der Waals surface area contributed by atoms with Crippen molar-refractivity contribution in [3.63, 3.8) is 0 Å². The van der Waals surface area contributed by atoms with Gasteiger partial charge >= 0.3 is 0 Å². The maximum atomic E-state index is 6.19. The fraction of sp³-hybridized carbons (Fsp3) is 0.182. The van der Waals surface area contributed by atoms with Crippen molar-refractivity contribution in [2.75, 3.05) is 13.7 Å². The number of hydrogen-bond donors (Lipinski definition) is 0. The van der Waals surface area contributed by atoms with E-state index in [0.29, 0.717) is 16.8 Å². The van der Waals surface area contributed by atoms with E-state index in [9.17, 15) is 0 Å². The summed E-state index contributed by atoms with van der Waals surface area (Å²) in [6, 6.07) is 11.9. The Morgan fingerprint density at radius 3 is 2.71 bits per heavy atom. The molecular weight excluding hydrogens is 374 g/mol. The SMILES string of the molecule is CCOc1ccc([N+]23C=CN=C2C=NC(c2ccc(Cl)c(C)c2)=C3)cc1OC. The average molecular weight is 395 g/mol. The van der Waals surface area contributed by atoms with E-state index in [-0.39, 0.29) is 0 Å². The van der Waals surface area contributed by atoms with Gasteiger partial charge < -0.3 is 9.47 Å². The van der Waals surface area contributed by atoms with E-state index in [0.717, 1.165) is 39.1 Å². The largest absolute Gasteiger partial charge is 0.493 e. The van der Waals surface area contributed by atoms with E-state index in [1.165, 1.54) is 0 Å². The first-order valence-electron chi connectivity index (χ1n) is 9.07. The number of fused-ring (bicyclic) bond motifs is 1. The monoisotopic (exact) mass is 394 g/mol. The number of nitrogens with zero attached hydrogens (tertiary/aromatic N) is 3. The third-order valence-corrected chi connectivity index (χ3v) is 5.28. The third kappa shape index (κ3) is 3.03. The summed E-state index contributed by atoms with van der Waals surface area (Å²) in [6.45, 7) is 4.52. The Balaban J connectivity index is 1.83. The van der Waals surface area contributed by atoms with Gasteiger partial charge in [0.05, 0.1) is 19.9 Å². The van der Waals surface area contributed by atoms with Crippen LogP contribution in [-0.2, 0) is 0 Å². The molecule has 0 saturated heterocycles. The van der Waals surface area contributed by atoms with E-state index >= 15 is 0 Å². The average Bonchev–Trinajstić information content (AvgIpc) is 3.15. The zero-order valence-corrected chi connectivity index (χ0v) is 16.8. The standard InChI is InChI=1S/C22H21ClN3O2/c1-4-28-20-8-6-17(12-21(20)27-3)26-10-9-24-22(26)13-25-19(14-26)16-5-7-18(23)15(2)11-16/h5-14H,4H2,1-3H3/q+1. The van der Waals surface area contributed by atoms with Crippen molar-refractivity contribution < 1.29 is 9.47 Å². The number of quaternary nitrogens is 1. The number of aryl methyl sites for hydroxylation is 1. The van der Waals surface area contributed by atoms with Gasteiger partial charge in [0.25, 0.3) is 5.84 Å². The van der Waals surface area contributed by atoms with Crippen molar-refractivity contribution in [3.05, 3.63) is 71.1 Å². The molecule has 28 heavy (non-hydrogen) atoms. The van der Waals surface area contributed by atoms with Crippen LogP contribution in [0.5, 0.6) is 11.5 Å². The van der Waals surface area contributed by atoms with E-state index in [1.807, 2.05) is 62.7 Å². The van der Waals surface area contributed by atoms with Crippen LogP contribution in [0, 0.1) is 6.92 Å². The summed E-state index contributed by atoms with van der Waals surface area (Å²) in [4.78, 5) is 9.13. The molecule has 4 rings (SSSR count). The Morgan fingerprint density at radius 2 is 1.96 bits per heavy atom. The maximum Gasteiger partial charge on any atom is 0.261 e. The van der Waals surface area contributed by atoms with Crippen LogP contribution in [0.2, 0.25) is 5.02 Å².